The summed E-state index contributed by atoms with van der Waals surface area (Å²) in [7, 11) is 1.92. The number of anilines is 1. The minimum absolute atomic E-state index is 0.0777. The molecular formula is C33H34FN7O3. The Hall–Kier alpha value is -4.80. The topological polar surface area (TPSA) is 107 Å². The SMILES string of the molecule is Cn1ccnc1CCOc1nc2c3cnc(c(F)c3n1)-c1cccc3cccc(c13)CCCOC(=O)N[C@]1(C)CCCN2C1. The van der Waals surface area contributed by atoms with E-state index in [4.69, 9.17) is 19.4 Å². The van der Waals surface area contributed by atoms with E-state index in [1.54, 1.807) is 12.4 Å². The van der Waals surface area contributed by atoms with Gasteiger partial charge in [-0.1, -0.05) is 36.4 Å². The summed E-state index contributed by atoms with van der Waals surface area (Å²) in [4.78, 5) is 33.4. The van der Waals surface area contributed by atoms with Gasteiger partial charge in [0.25, 0.3) is 0 Å². The molecule has 3 aromatic heterocycles. The average Bonchev–Trinajstić information content (AvgIpc) is 3.42. The number of amides is 1. The number of piperidine rings is 1. The molecule has 1 saturated heterocycles. The quantitative estimate of drug-likeness (QED) is 0.296. The largest absolute Gasteiger partial charge is 0.463 e. The molecule has 6 heterocycles. The Morgan fingerprint density at radius 2 is 2.00 bits per heavy atom. The molecule has 0 aliphatic carbocycles. The van der Waals surface area contributed by atoms with Gasteiger partial charge in [-0.3, -0.25) is 4.98 Å². The molecule has 3 aliphatic rings. The van der Waals surface area contributed by atoms with Crippen LogP contribution in [-0.2, 0) is 24.6 Å². The fraction of sp³-hybridized carbons (Fsp3) is 0.364. The number of carbonyl (C=O) groups is 1. The number of fused-ring (bicyclic) bond motifs is 6. The third kappa shape index (κ3) is 5.27. The first-order valence-electron chi connectivity index (χ1n) is 15.0. The smallest absolute Gasteiger partial charge is 0.407 e. The maximum Gasteiger partial charge on any atom is 0.407 e. The second kappa shape index (κ2) is 11.4. The number of imidazole rings is 1. The van der Waals surface area contributed by atoms with E-state index in [1.807, 2.05) is 66.0 Å². The Balaban J connectivity index is 1.39. The third-order valence-electron chi connectivity index (χ3n) is 8.59. The Morgan fingerprint density at radius 1 is 1.14 bits per heavy atom. The van der Waals surface area contributed by atoms with E-state index < -0.39 is 17.4 Å². The highest BCUT2D eigenvalue weighted by molar-refractivity contribution is 6.00. The van der Waals surface area contributed by atoms with Crippen molar-refractivity contribution in [1.29, 1.82) is 0 Å². The Bertz CT molecular complexity index is 1870. The molecule has 2 aromatic carbocycles. The summed E-state index contributed by atoms with van der Waals surface area (Å²) in [6, 6.07) is 11.9. The average molecular weight is 596 g/mol. The molecule has 0 saturated carbocycles. The van der Waals surface area contributed by atoms with Crippen LogP contribution in [0.2, 0.25) is 0 Å². The molecule has 3 aliphatic heterocycles. The van der Waals surface area contributed by atoms with Crippen LogP contribution in [0.4, 0.5) is 15.0 Å². The normalized spacial score (nSPS) is 18.8. The first-order chi connectivity index (χ1) is 21.4. The number of nitrogens with one attached hydrogen (secondary N) is 1. The Labute approximate surface area is 254 Å². The molecule has 44 heavy (non-hydrogen) atoms. The summed E-state index contributed by atoms with van der Waals surface area (Å²) in [5.41, 5.74) is 1.50. The van der Waals surface area contributed by atoms with Crippen LogP contribution in [0.25, 0.3) is 32.9 Å². The van der Waals surface area contributed by atoms with Crippen LogP contribution in [0.15, 0.2) is 55.0 Å². The number of aryl methyl sites for hydroxylation is 2. The third-order valence-corrected chi connectivity index (χ3v) is 8.59. The van der Waals surface area contributed by atoms with Crippen molar-refractivity contribution in [2.45, 2.75) is 44.6 Å². The van der Waals surface area contributed by atoms with E-state index in [1.165, 1.54) is 0 Å². The van der Waals surface area contributed by atoms with Crippen molar-refractivity contribution in [3.05, 3.63) is 72.2 Å². The van der Waals surface area contributed by atoms with Gasteiger partial charge in [0, 0.05) is 50.7 Å². The number of hydrogen-bond acceptors (Lipinski definition) is 8. The Morgan fingerprint density at radius 3 is 2.84 bits per heavy atom. The van der Waals surface area contributed by atoms with Gasteiger partial charge in [0.05, 0.1) is 24.1 Å². The lowest BCUT2D eigenvalue weighted by Gasteiger charge is -2.41. The second-order valence-corrected chi connectivity index (χ2v) is 11.8. The standard InChI is InChI=1S/C33H34FN7O3/c1-33-13-6-15-41(20-33)30-24-19-36-28(27(34)29(24)37-31(38-30)43-18-12-25-35-14-16-40(25)2)23-11-4-9-21-7-3-8-22(26(21)23)10-5-17-44-32(42)39-33/h3-4,7-9,11,14,16,19H,5-6,10,12-13,15,17-18,20H2,1-2H3,(H,39,42)/t33-/m1/s1. The maximum atomic E-state index is 16.8. The zero-order valence-electron chi connectivity index (χ0n) is 24.8. The molecule has 1 fully saturated rings. The molecule has 0 radical (unpaired) electrons. The van der Waals surface area contributed by atoms with Crippen molar-refractivity contribution in [1.82, 2.24) is 29.8 Å². The number of hydrogen-bond donors (Lipinski definition) is 1. The summed E-state index contributed by atoms with van der Waals surface area (Å²) in [5, 5.41) is 5.47. The lowest BCUT2D eigenvalue weighted by molar-refractivity contribution is 0.130. The van der Waals surface area contributed by atoms with Crippen LogP contribution in [0, 0.1) is 5.82 Å². The minimum Gasteiger partial charge on any atom is -0.463 e. The number of aromatic nitrogens is 5. The molecule has 1 N–H and O–H groups in total. The molecule has 0 unspecified atom stereocenters. The molecule has 0 spiro atoms. The first-order valence-corrected chi connectivity index (χ1v) is 15.0. The highest BCUT2D eigenvalue weighted by atomic mass is 19.1. The molecule has 8 rings (SSSR count). The number of halogens is 1. The number of carbonyl (C=O) groups excluding carboxylic acids is 1. The van der Waals surface area contributed by atoms with Crippen molar-refractivity contribution in [3.8, 4) is 17.3 Å². The first kappa shape index (κ1) is 28.0. The molecule has 1 amide bonds. The summed E-state index contributed by atoms with van der Waals surface area (Å²) in [6.45, 7) is 3.66. The summed E-state index contributed by atoms with van der Waals surface area (Å²) in [6.07, 6.45) is 8.21. The van der Waals surface area contributed by atoms with Crippen molar-refractivity contribution < 1.29 is 18.7 Å². The minimum atomic E-state index is -0.576. The number of pyridine rings is 1. The van der Waals surface area contributed by atoms with E-state index in [9.17, 15) is 4.79 Å². The number of rotatable bonds is 4. The molecular weight excluding hydrogens is 561 g/mol. The molecule has 6 bridgehead atoms. The highest BCUT2D eigenvalue weighted by Crippen LogP contribution is 2.37. The van der Waals surface area contributed by atoms with Crippen molar-refractivity contribution in [2.24, 2.45) is 7.05 Å². The van der Waals surface area contributed by atoms with Crippen molar-refractivity contribution in [3.63, 3.8) is 0 Å². The maximum absolute atomic E-state index is 16.8. The molecule has 11 heteroatoms. The van der Waals surface area contributed by atoms with E-state index in [0.717, 1.165) is 35.0 Å². The van der Waals surface area contributed by atoms with Crippen LogP contribution in [0.3, 0.4) is 0 Å². The van der Waals surface area contributed by atoms with Gasteiger partial charge in [-0.05, 0) is 48.9 Å². The van der Waals surface area contributed by atoms with Gasteiger partial charge in [0.1, 0.15) is 22.9 Å². The van der Waals surface area contributed by atoms with Crippen LogP contribution in [-0.4, -0.2) is 62.4 Å². The fourth-order valence-corrected chi connectivity index (χ4v) is 6.44. The molecule has 1 atom stereocenters. The number of alkyl carbamates (subject to hydrolysis) is 1. The zero-order chi connectivity index (χ0) is 30.3. The number of benzene rings is 2. The van der Waals surface area contributed by atoms with Gasteiger partial charge in [0.2, 0.25) is 0 Å². The predicted molar refractivity (Wildman–Crippen MR) is 165 cm³/mol. The monoisotopic (exact) mass is 595 g/mol. The predicted octanol–water partition coefficient (Wildman–Crippen LogP) is 5.37. The van der Waals surface area contributed by atoms with E-state index in [-0.39, 0.29) is 30.4 Å². The van der Waals surface area contributed by atoms with Gasteiger partial charge in [-0.25, -0.2) is 14.2 Å². The molecule has 5 aromatic rings. The van der Waals surface area contributed by atoms with E-state index in [2.05, 4.69) is 15.3 Å². The van der Waals surface area contributed by atoms with Crippen LogP contribution in [0.1, 0.15) is 37.6 Å². The van der Waals surface area contributed by atoms with Gasteiger partial charge in [-0.2, -0.15) is 9.97 Å². The fourth-order valence-electron chi connectivity index (χ4n) is 6.44. The summed E-state index contributed by atoms with van der Waals surface area (Å²) >= 11 is 0. The lowest BCUT2D eigenvalue weighted by atomic mass is 9.91. The van der Waals surface area contributed by atoms with Crippen molar-refractivity contribution in [2.75, 3.05) is 31.2 Å². The van der Waals surface area contributed by atoms with E-state index in [0.29, 0.717) is 49.1 Å². The van der Waals surface area contributed by atoms with E-state index >= 15 is 4.39 Å². The summed E-state index contributed by atoms with van der Waals surface area (Å²) < 4.78 is 30.3. The highest BCUT2D eigenvalue weighted by Gasteiger charge is 2.35. The number of ether oxygens (including phenoxy) is 2. The van der Waals surface area contributed by atoms with Crippen LogP contribution >= 0.6 is 0 Å². The van der Waals surface area contributed by atoms with Gasteiger partial charge in [-0.15, -0.1) is 0 Å². The Kier molecular flexibility index (Phi) is 7.23. The number of nitrogens with zero attached hydrogens (tertiary/aromatic N) is 6. The zero-order valence-corrected chi connectivity index (χ0v) is 24.8. The molecule has 10 nitrogen and oxygen atoms in total. The van der Waals surface area contributed by atoms with Gasteiger partial charge < -0.3 is 24.3 Å². The summed E-state index contributed by atoms with van der Waals surface area (Å²) in [5.74, 6) is 0.852. The van der Waals surface area contributed by atoms with Gasteiger partial charge >= 0.3 is 12.1 Å². The second-order valence-electron chi connectivity index (χ2n) is 11.8. The van der Waals surface area contributed by atoms with Crippen LogP contribution < -0.4 is 15.0 Å². The van der Waals surface area contributed by atoms with Crippen LogP contribution in [0.5, 0.6) is 6.01 Å². The lowest BCUT2D eigenvalue weighted by Crippen LogP contribution is -2.57. The van der Waals surface area contributed by atoms with Crippen molar-refractivity contribution >= 4 is 33.6 Å². The van der Waals surface area contributed by atoms with Gasteiger partial charge in [0.15, 0.2) is 5.82 Å². The molecule has 226 valence electrons.